The first-order valence-electron chi connectivity index (χ1n) is 8.04. The molecule has 0 fully saturated rings. The van der Waals surface area contributed by atoms with Crippen LogP contribution in [0.1, 0.15) is 18.7 Å². The van der Waals surface area contributed by atoms with Crippen LogP contribution < -0.4 is 15.4 Å². The highest BCUT2D eigenvalue weighted by Gasteiger charge is 2.23. The third-order valence-corrected chi connectivity index (χ3v) is 4.63. The summed E-state index contributed by atoms with van der Waals surface area (Å²) in [6, 6.07) is 7.28. The largest absolute Gasteiger partial charge is 0.476 e. The van der Waals surface area contributed by atoms with E-state index < -0.39 is 5.60 Å². The summed E-state index contributed by atoms with van der Waals surface area (Å²) in [5.41, 5.74) is -0.986. The molecule has 0 radical (unpaired) electrons. The van der Waals surface area contributed by atoms with Crippen LogP contribution in [0.4, 0.5) is 0 Å². The lowest BCUT2D eigenvalue weighted by Crippen LogP contribution is -2.40. The van der Waals surface area contributed by atoms with Crippen molar-refractivity contribution in [2.24, 2.45) is 4.99 Å². The molecule has 0 spiro atoms. The Labute approximate surface area is 156 Å². The number of guanidine groups is 1. The number of nitrogens with zero attached hydrogens (tertiary/aromatic N) is 2. The maximum atomic E-state index is 10.5. The fourth-order valence-electron chi connectivity index (χ4n) is 2.01. The van der Waals surface area contributed by atoms with Gasteiger partial charge in [-0.25, -0.2) is 9.98 Å². The highest BCUT2D eigenvalue weighted by atomic mass is 35.5. The van der Waals surface area contributed by atoms with Crippen LogP contribution in [0, 0.1) is 0 Å². The highest BCUT2D eigenvalue weighted by molar-refractivity contribution is 7.10. The molecule has 0 amide bonds. The van der Waals surface area contributed by atoms with Crippen molar-refractivity contribution < 1.29 is 9.84 Å². The van der Waals surface area contributed by atoms with Crippen molar-refractivity contribution in [2.75, 3.05) is 26.2 Å². The van der Waals surface area contributed by atoms with Crippen LogP contribution in [0.25, 0.3) is 0 Å². The number of thiophene rings is 1. The molecule has 1 unspecified atom stereocenters. The molecule has 8 heteroatoms. The number of aromatic nitrogens is 1. The summed E-state index contributed by atoms with van der Waals surface area (Å²) < 4.78 is 5.53. The van der Waals surface area contributed by atoms with E-state index in [0.717, 1.165) is 11.4 Å². The number of hydrogen-bond acceptors (Lipinski definition) is 5. The molecule has 2 aromatic heterocycles. The maximum absolute atomic E-state index is 10.5. The van der Waals surface area contributed by atoms with E-state index in [9.17, 15) is 5.11 Å². The molecule has 0 saturated heterocycles. The van der Waals surface area contributed by atoms with Crippen LogP contribution in [0.5, 0.6) is 5.88 Å². The summed E-state index contributed by atoms with van der Waals surface area (Å²) in [5, 5.41) is 19.4. The Balaban J connectivity index is 1.82. The van der Waals surface area contributed by atoms with Gasteiger partial charge in [0, 0.05) is 23.7 Å². The second-order valence-corrected chi connectivity index (χ2v) is 6.92. The van der Waals surface area contributed by atoms with Gasteiger partial charge in [-0.3, -0.25) is 0 Å². The van der Waals surface area contributed by atoms with Crippen LogP contribution in [-0.4, -0.2) is 42.3 Å². The van der Waals surface area contributed by atoms with Crippen LogP contribution in [0.2, 0.25) is 5.02 Å². The van der Waals surface area contributed by atoms with Gasteiger partial charge in [-0.2, -0.15) is 0 Å². The van der Waals surface area contributed by atoms with Crippen molar-refractivity contribution in [1.82, 2.24) is 15.6 Å². The second-order valence-electron chi connectivity index (χ2n) is 5.54. The number of rotatable bonds is 8. The van der Waals surface area contributed by atoms with Crippen LogP contribution >= 0.6 is 22.9 Å². The average molecular weight is 383 g/mol. The third-order valence-electron chi connectivity index (χ3n) is 3.29. The molecule has 6 nitrogen and oxygen atoms in total. The van der Waals surface area contributed by atoms with E-state index >= 15 is 0 Å². The SMILES string of the molecule is CCNC(=NCC(C)(O)c1cccs1)NCCOc1ccc(Cl)cn1. The zero-order valence-electron chi connectivity index (χ0n) is 14.3. The molecule has 25 heavy (non-hydrogen) atoms. The minimum atomic E-state index is -0.986. The molecule has 0 aliphatic carbocycles. The third kappa shape index (κ3) is 6.53. The van der Waals surface area contributed by atoms with E-state index in [-0.39, 0.29) is 6.54 Å². The number of nitrogens with one attached hydrogen (secondary N) is 2. The summed E-state index contributed by atoms with van der Waals surface area (Å²) in [4.78, 5) is 9.42. The van der Waals surface area contributed by atoms with E-state index in [1.807, 2.05) is 24.4 Å². The molecule has 0 aromatic carbocycles. The Hall–Kier alpha value is -1.83. The van der Waals surface area contributed by atoms with Crippen molar-refractivity contribution in [1.29, 1.82) is 0 Å². The molecule has 3 N–H and O–H groups in total. The van der Waals surface area contributed by atoms with Crippen molar-refractivity contribution in [3.05, 3.63) is 45.7 Å². The fourth-order valence-corrected chi connectivity index (χ4v) is 2.90. The number of ether oxygens (including phenoxy) is 1. The smallest absolute Gasteiger partial charge is 0.213 e. The molecule has 0 bridgehead atoms. The van der Waals surface area contributed by atoms with Crippen molar-refractivity contribution in [3.63, 3.8) is 0 Å². The lowest BCUT2D eigenvalue weighted by molar-refractivity contribution is 0.0711. The predicted octanol–water partition coefficient (Wildman–Crippen LogP) is 2.64. The number of pyridine rings is 1. The standard InChI is InChI=1S/C17H23ClN4O2S/c1-3-19-16(22-12-17(2,23)14-5-4-10-25-14)20-8-9-24-15-7-6-13(18)11-21-15/h4-7,10-11,23H,3,8-9,12H2,1-2H3,(H2,19,20,22). The topological polar surface area (TPSA) is 78.8 Å². The quantitative estimate of drug-likeness (QED) is 0.371. The number of halogens is 1. The first-order valence-corrected chi connectivity index (χ1v) is 9.30. The van der Waals surface area contributed by atoms with Crippen molar-refractivity contribution >= 4 is 28.9 Å². The van der Waals surface area contributed by atoms with E-state index in [1.165, 1.54) is 11.3 Å². The van der Waals surface area contributed by atoms with E-state index in [2.05, 4.69) is 20.6 Å². The van der Waals surface area contributed by atoms with Crippen LogP contribution in [-0.2, 0) is 5.60 Å². The van der Waals surface area contributed by atoms with Gasteiger partial charge in [0.25, 0.3) is 0 Å². The van der Waals surface area contributed by atoms with E-state index in [0.29, 0.717) is 30.0 Å². The van der Waals surface area contributed by atoms with Crippen molar-refractivity contribution in [2.45, 2.75) is 19.4 Å². The lowest BCUT2D eigenvalue weighted by Gasteiger charge is -2.20. The molecule has 2 rings (SSSR count). The second kappa shape index (κ2) is 9.60. The Morgan fingerprint density at radius 1 is 1.40 bits per heavy atom. The number of aliphatic hydroxyl groups is 1. The predicted molar refractivity (Wildman–Crippen MR) is 103 cm³/mol. The van der Waals surface area contributed by atoms with Crippen LogP contribution in [0.15, 0.2) is 40.8 Å². The minimum absolute atomic E-state index is 0.266. The summed E-state index contributed by atoms with van der Waals surface area (Å²) in [5.74, 6) is 1.15. The first-order chi connectivity index (χ1) is 12.0. The normalized spacial score (nSPS) is 14.0. The zero-order chi connectivity index (χ0) is 18.1. The van der Waals surface area contributed by atoms with Gasteiger partial charge in [-0.15, -0.1) is 11.3 Å². The van der Waals surface area contributed by atoms with Gasteiger partial charge in [0.15, 0.2) is 5.96 Å². The Morgan fingerprint density at radius 2 is 2.24 bits per heavy atom. The van der Waals surface area contributed by atoms with Gasteiger partial charge in [0.05, 0.1) is 18.1 Å². The number of aliphatic imine (C=N–C) groups is 1. The maximum Gasteiger partial charge on any atom is 0.213 e. The van der Waals surface area contributed by atoms with Gasteiger partial charge >= 0.3 is 0 Å². The molecular weight excluding hydrogens is 360 g/mol. The molecule has 0 saturated carbocycles. The fraction of sp³-hybridized carbons (Fsp3) is 0.412. The average Bonchev–Trinajstić information content (AvgIpc) is 3.13. The molecule has 2 heterocycles. The van der Waals surface area contributed by atoms with Gasteiger partial charge in [-0.1, -0.05) is 17.7 Å². The first kappa shape index (κ1) is 19.5. The molecule has 2 aromatic rings. The molecule has 0 aliphatic rings. The molecule has 1 atom stereocenters. The van der Waals surface area contributed by atoms with E-state index in [4.69, 9.17) is 16.3 Å². The minimum Gasteiger partial charge on any atom is -0.476 e. The zero-order valence-corrected chi connectivity index (χ0v) is 15.9. The van der Waals surface area contributed by atoms with Gasteiger partial charge in [0.1, 0.15) is 12.2 Å². The van der Waals surface area contributed by atoms with E-state index in [1.54, 1.807) is 25.3 Å². The highest BCUT2D eigenvalue weighted by Crippen LogP contribution is 2.25. The van der Waals surface area contributed by atoms with Crippen LogP contribution in [0.3, 0.4) is 0 Å². The Morgan fingerprint density at radius 3 is 2.88 bits per heavy atom. The molecule has 136 valence electrons. The van der Waals surface area contributed by atoms with Gasteiger partial charge < -0.3 is 20.5 Å². The Bertz CT molecular complexity index is 660. The van der Waals surface area contributed by atoms with Crippen molar-refractivity contribution in [3.8, 4) is 5.88 Å². The lowest BCUT2D eigenvalue weighted by atomic mass is 10.1. The summed E-state index contributed by atoms with van der Waals surface area (Å²) >= 11 is 7.30. The monoisotopic (exact) mass is 382 g/mol. The summed E-state index contributed by atoms with van der Waals surface area (Å²) in [6.45, 7) is 5.73. The molecular formula is C17H23ClN4O2S. The summed E-state index contributed by atoms with van der Waals surface area (Å²) in [7, 11) is 0. The van der Waals surface area contributed by atoms with Gasteiger partial charge in [0.2, 0.25) is 5.88 Å². The summed E-state index contributed by atoms with van der Waals surface area (Å²) in [6.07, 6.45) is 1.54. The van der Waals surface area contributed by atoms with Gasteiger partial charge in [-0.05, 0) is 31.4 Å². The Kier molecular flexibility index (Phi) is 7.49. The molecule has 0 aliphatic heterocycles. The number of hydrogen-bond donors (Lipinski definition) is 3.